The van der Waals surface area contributed by atoms with Crippen LogP contribution < -0.4 is 5.32 Å². The van der Waals surface area contributed by atoms with Crippen LogP contribution in [0.5, 0.6) is 0 Å². The van der Waals surface area contributed by atoms with E-state index in [0.717, 1.165) is 20.8 Å². The van der Waals surface area contributed by atoms with Crippen molar-refractivity contribution in [3.05, 3.63) is 74.2 Å². The average Bonchev–Trinajstić information content (AvgIpc) is 3.05. The summed E-state index contributed by atoms with van der Waals surface area (Å²) in [6.45, 7) is 0. The van der Waals surface area contributed by atoms with Crippen molar-refractivity contribution in [2.24, 2.45) is 0 Å². The highest BCUT2D eigenvalue weighted by Crippen LogP contribution is 2.27. The number of benzene rings is 2. The lowest BCUT2D eigenvalue weighted by Crippen LogP contribution is -2.14. The summed E-state index contributed by atoms with van der Waals surface area (Å²) in [7, 11) is 0. The smallest absolute Gasteiger partial charge is 0.230 e. The summed E-state index contributed by atoms with van der Waals surface area (Å²) in [6.07, 6.45) is 0.207. The second kappa shape index (κ2) is 9.11. The molecule has 1 N–H and O–H groups in total. The Bertz CT molecular complexity index is 913. The first-order valence-corrected chi connectivity index (χ1v) is 10.6. The number of carbonyl (C=O) groups is 1. The van der Waals surface area contributed by atoms with Crippen molar-refractivity contribution in [1.29, 1.82) is 0 Å². The largest absolute Gasteiger partial charge is 0.326 e. The SMILES string of the molecule is O=C(Cc1csc(SCc2ccc(Cl)cc2)n1)Nc1ccc(Cl)c(Cl)c1. The van der Waals surface area contributed by atoms with Crippen molar-refractivity contribution in [3.8, 4) is 0 Å². The number of hydrogen-bond acceptors (Lipinski definition) is 4. The minimum atomic E-state index is -0.150. The number of nitrogens with one attached hydrogen (secondary N) is 1. The maximum absolute atomic E-state index is 12.2. The Morgan fingerprint density at radius 3 is 2.58 bits per heavy atom. The van der Waals surface area contributed by atoms with Crippen LogP contribution in [0.15, 0.2) is 52.2 Å². The van der Waals surface area contributed by atoms with Crippen LogP contribution >= 0.6 is 57.9 Å². The van der Waals surface area contributed by atoms with Gasteiger partial charge in [-0.1, -0.05) is 58.7 Å². The van der Waals surface area contributed by atoms with Crippen LogP contribution in [0.25, 0.3) is 0 Å². The molecule has 1 amide bonds. The van der Waals surface area contributed by atoms with Gasteiger partial charge in [0.05, 0.1) is 22.2 Å². The number of amides is 1. The van der Waals surface area contributed by atoms with Gasteiger partial charge < -0.3 is 5.32 Å². The van der Waals surface area contributed by atoms with Crippen molar-refractivity contribution >= 4 is 69.5 Å². The van der Waals surface area contributed by atoms with Crippen molar-refractivity contribution in [2.75, 3.05) is 5.32 Å². The van der Waals surface area contributed by atoms with Crippen LogP contribution in [0.4, 0.5) is 5.69 Å². The maximum Gasteiger partial charge on any atom is 0.230 e. The number of hydrogen-bond donors (Lipinski definition) is 1. The first-order valence-electron chi connectivity index (χ1n) is 7.56. The number of halogens is 3. The van der Waals surface area contributed by atoms with Gasteiger partial charge in [-0.25, -0.2) is 4.98 Å². The molecular weight excluding hydrogens is 431 g/mol. The molecule has 134 valence electrons. The van der Waals surface area contributed by atoms with Gasteiger partial charge in [-0.3, -0.25) is 4.79 Å². The molecule has 0 saturated carbocycles. The molecule has 0 aliphatic heterocycles. The fourth-order valence-corrected chi connectivity index (χ4v) is 4.33. The van der Waals surface area contributed by atoms with Crippen LogP contribution in [-0.4, -0.2) is 10.9 Å². The van der Waals surface area contributed by atoms with Crippen LogP contribution in [0.1, 0.15) is 11.3 Å². The van der Waals surface area contributed by atoms with Gasteiger partial charge in [0.25, 0.3) is 0 Å². The van der Waals surface area contributed by atoms with Crippen LogP contribution in [-0.2, 0) is 17.0 Å². The molecule has 0 fully saturated rings. The Hall–Kier alpha value is -1.24. The molecule has 0 radical (unpaired) electrons. The molecule has 0 unspecified atom stereocenters. The summed E-state index contributed by atoms with van der Waals surface area (Å²) >= 11 is 20.9. The van der Waals surface area contributed by atoms with Crippen molar-refractivity contribution in [2.45, 2.75) is 16.5 Å². The number of rotatable bonds is 6. The van der Waals surface area contributed by atoms with Gasteiger partial charge in [-0.2, -0.15) is 0 Å². The van der Waals surface area contributed by atoms with Crippen LogP contribution in [0.2, 0.25) is 15.1 Å². The molecule has 0 aliphatic rings. The Kier molecular flexibility index (Phi) is 6.84. The van der Waals surface area contributed by atoms with E-state index in [1.807, 2.05) is 29.6 Å². The quantitative estimate of drug-likeness (QED) is 0.438. The molecule has 26 heavy (non-hydrogen) atoms. The van der Waals surface area contributed by atoms with Gasteiger partial charge in [0.2, 0.25) is 5.91 Å². The predicted octanol–water partition coefficient (Wildman–Crippen LogP) is 6.58. The average molecular weight is 444 g/mol. The number of thiazole rings is 1. The van der Waals surface area contributed by atoms with Gasteiger partial charge in [-0.05, 0) is 35.9 Å². The Morgan fingerprint density at radius 2 is 1.85 bits per heavy atom. The number of carbonyl (C=O) groups excluding carboxylic acids is 1. The molecule has 0 bridgehead atoms. The summed E-state index contributed by atoms with van der Waals surface area (Å²) in [5.74, 6) is 0.655. The van der Waals surface area contributed by atoms with Gasteiger partial charge in [-0.15, -0.1) is 11.3 Å². The second-order valence-electron chi connectivity index (χ2n) is 5.37. The molecule has 0 saturated heterocycles. The van der Waals surface area contributed by atoms with Gasteiger partial charge in [0, 0.05) is 21.8 Å². The molecule has 0 spiro atoms. The highest BCUT2D eigenvalue weighted by Gasteiger charge is 2.10. The third kappa shape index (κ3) is 5.63. The fourth-order valence-electron chi connectivity index (χ4n) is 2.11. The fraction of sp³-hybridized carbons (Fsp3) is 0.111. The van der Waals surface area contributed by atoms with E-state index in [0.29, 0.717) is 15.7 Å². The standard InChI is InChI=1S/C18H13Cl3N2OS2/c19-12-3-1-11(2-4-12)9-25-18-23-14(10-26-18)8-17(24)22-13-5-6-15(20)16(21)7-13/h1-7,10H,8-9H2,(H,22,24). The first-order chi connectivity index (χ1) is 12.5. The molecule has 0 aliphatic carbocycles. The Morgan fingerprint density at radius 1 is 1.08 bits per heavy atom. The topological polar surface area (TPSA) is 42.0 Å². The summed E-state index contributed by atoms with van der Waals surface area (Å²) in [5.41, 5.74) is 2.52. The minimum absolute atomic E-state index is 0.150. The molecule has 1 aromatic heterocycles. The number of aromatic nitrogens is 1. The summed E-state index contributed by atoms with van der Waals surface area (Å²) in [6, 6.07) is 12.7. The maximum atomic E-state index is 12.2. The molecule has 1 heterocycles. The second-order valence-corrected chi connectivity index (χ2v) is 8.71. The van der Waals surface area contributed by atoms with E-state index in [1.54, 1.807) is 30.0 Å². The van der Waals surface area contributed by atoms with Crippen LogP contribution in [0, 0.1) is 0 Å². The van der Waals surface area contributed by atoms with Crippen molar-refractivity contribution < 1.29 is 4.79 Å². The lowest BCUT2D eigenvalue weighted by molar-refractivity contribution is -0.115. The highest BCUT2D eigenvalue weighted by atomic mass is 35.5. The zero-order valence-electron chi connectivity index (χ0n) is 13.3. The van der Waals surface area contributed by atoms with E-state index in [4.69, 9.17) is 34.8 Å². The monoisotopic (exact) mass is 442 g/mol. The van der Waals surface area contributed by atoms with E-state index in [1.165, 1.54) is 16.9 Å². The lowest BCUT2D eigenvalue weighted by Gasteiger charge is -2.05. The Labute approximate surface area is 174 Å². The molecule has 0 atom stereocenters. The molecular formula is C18H13Cl3N2OS2. The number of anilines is 1. The molecule has 2 aromatic carbocycles. The number of nitrogens with zero attached hydrogens (tertiary/aromatic N) is 1. The summed E-state index contributed by atoms with van der Waals surface area (Å²) in [4.78, 5) is 16.7. The predicted molar refractivity (Wildman–Crippen MR) is 112 cm³/mol. The molecule has 3 aromatic rings. The minimum Gasteiger partial charge on any atom is -0.326 e. The summed E-state index contributed by atoms with van der Waals surface area (Å²) in [5, 5.41) is 6.27. The van der Waals surface area contributed by atoms with Crippen molar-refractivity contribution in [3.63, 3.8) is 0 Å². The van der Waals surface area contributed by atoms with E-state index >= 15 is 0 Å². The van der Waals surface area contributed by atoms with E-state index in [9.17, 15) is 4.79 Å². The summed E-state index contributed by atoms with van der Waals surface area (Å²) < 4.78 is 0.928. The van der Waals surface area contributed by atoms with E-state index < -0.39 is 0 Å². The third-order valence-electron chi connectivity index (χ3n) is 3.35. The van der Waals surface area contributed by atoms with E-state index in [-0.39, 0.29) is 12.3 Å². The van der Waals surface area contributed by atoms with E-state index in [2.05, 4.69) is 10.3 Å². The molecule has 8 heteroatoms. The van der Waals surface area contributed by atoms with Gasteiger partial charge >= 0.3 is 0 Å². The zero-order chi connectivity index (χ0) is 18.5. The number of thioether (sulfide) groups is 1. The molecule has 3 nitrogen and oxygen atoms in total. The van der Waals surface area contributed by atoms with Gasteiger partial charge in [0.15, 0.2) is 0 Å². The molecule has 3 rings (SSSR count). The Balaban J connectivity index is 1.53. The van der Waals surface area contributed by atoms with Crippen molar-refractivity contribution in [1.82, 2.24) is 4.98 Å². The van der Waals surface area contributed by atoms with Gasteiger partial charge in [0.1, 0.15) is 4.34 Å². The lowest BCUT2D eigenvalue weighted by atomic mass is 10.2. The normalized spacial score (nSPS) is 10.7. The highest BCUT2D eigenvalue weighted by molar-refractivity contribution is 8.00. The zero-order valence-corrected chi connectivity index (χ0v) is 17.2. The first kappa shape index (κ1) is 19.5. The third-order valence-corrected chi connectivity index (χ3v) is 6.48. The van der Waals surface area contributed by atoms with Crippen LogP contribution in [0.3, 0.4) is 0 Å².